The van der Waals surface area contributed by atoms with Crippen LogP contribution in [-0.4, -0.2) is 70.9 Å². The van der Waals surface area contributed by atoms with Gasteiger partial charge in [-0.1, -0.05) is 6.07 Å². The molecule has 0 bridgehead atoms. The third-order valence-electron chi connectivity index (χ3n) is 4.78. The number of nitrogens with zero attached hydrogens (tertiary/aromatic N) is 2. The van der Waals surface area contributed by atoms with Crippen LogP contribution in [0, 0.1) is 11.6 Å². The lowest BCUT2D eigenvalue weighted by molar-refractivity contribution is -0.117. The fourth-order valence-electron chi connectivity index (χ4n) is 3.18. The number of sulfonamides is 1. The Bertz CT molecular complexity index is 1160. The summed E-state index contributed by atoms with van der Waals surface area (Å²) in [6, 6.07) is 8.59. The van der Waals surface area contributed by atoms with Gasteiger partial charge in [-0.25, -0.2) is 25.6 Å². The lowest BCUT2D eigenvalue weighted by Crippen LogP contribution is -2.50. The second-order valence-electron chi connectivity index (χ2n) is 7.08. The van der Waals surface area contributed by atoms with Crippen LogP contribution in [0.3, 0.4) is 0 Å². The molecule has 1 aliphatic rings. The van der Waals surface area contributed by atoms with Crippen LogP contribution in [0.15, 0.2) is 52.3 Å². The molecule has 0 spiro atoms. The second-order valence-corrected chi connectivity index (χ2v) is 11.0. The van der Waals surface area contributed by atoms with E-state index in [0.717, 1.165) is 28.8 Å². The smallest absolute Gasteiger partial charge is 0.249 e. The molecule has 0 unspecified atom stereocenters. The second kappa shape index (κ2) is 8.99. The summed E-state index contributed by atoms with van der Waals surface area (Å²) in [7, 11) is -7.67. The van der Waals surface area contributed by atoms with Crippen LogP contribution in [0.2, 0.25) is 0 Å². The van der Waals surface area contributed by atoms with E-state index in [1.165, 1.54) is 24.3 Å². The van der Waals surface area contributed by atoms with Crippen LogP contribution in [0.5, 0.6) is 0 Å². The zero-order valence-electron chi connectivity index (χ0n) is 16.6. The van der Waals surface area contributed by atoms with E-state index in [9.17, 15) is 30.4 Å². The molecule has 8 nitrogen and oxygen atoms in total. The summed E-state index contributed by atoms with van der Waals surface area (Å²) in [6.07, 6.45) is 1.08. The van der Waals surface area contributed by atoms with Gasteiger partial charge >= 0.3 is 0 Å². The third kappa shape index (κ3) is 5.45. The van der Waals surface area contributed by atoms with E-state index in [0.29, 0.717) is 5.69 Å². The molecule has 0 aliphatic carbocycles. The lowest BCUT2D eigenvalue weighted by atomic mass is 10.3. The first-order chi connectivity index (χ1) is 14.5. The first kappa shape index (κ1) is 23.3. The third-order valence-corrected chi connectivity index (χ3v) is 7.86. The van der Waals surface area contributed by atoms with Crippen LogP contribution >= 0.6 is 0 Å². The highest BCUT2D eigenvalue weighted by Crippen LogP contribution is 2.23. The Kier molecular flexibility index (Phi) is 6.74. The summed E-state index contributed by atoms with van der Waals surface area (Å²) < 4.78 is 76.9. The standard InChI is InChI=1S/C19H21F2N3O5S2/c1-30(26,27)15-7-5-14(6-8-15)22-18(25)13-23-9-11-24(12-10-23)31(28,29)19-16(20)3-2-4-17(19)21/h2-8H,9-13H2,1H3,(H,22,25). The van der Waals surface area contributed by atoms with Crippen molar-refractivity contribution in [2.45, 2.75) is 9.79 Å². The summed E-state index contributed by atoms with van der Waals surface area (Å²) in [5.74, 6) is -2.66. The number of anilines is 1. The topological polar surface area (TPSA) is 104 Å². The van der Waals surface area contributed by atoms with E-state index >= 15 is 0 Å². The maximum atomic E-state index is 13.9. The van der Waals surface area contributed by atoms with Gasteiger partial charge in [0.1, 0.15) is 11.6 Å². The van der Waals surface area contributed by atoms with Gasteiger partial charge in [0.15, 0.2) is 14.7 Å². The molecule has 2 aromatic carbocycles. The van der Waals surface area contributed by atoms with Crippen LogP contribution in [-0.2, 0) is 24.7 Å². The van der Waals surface area contributed by atoms with Gasteiger partial charge in [-0.3, -0.25) is 9.69 Å². The highest BCUT2D eigenvalue weighted by Gasteiger charge is 2.33. The number of amides is 1. The van der Waals surface area contributed by atoms with E-state index in [4.69, 9.17) is 0 Å². The molecule has 0 saturated carbocycles. The summed E-state index contributed by atoms with van der Waals surface area (Å²) in [4.78, 5) is 13.1. The normalized spacial score (nSPS) is 16.2. The zero-order valence-corrected chi connectivity index (χ0v) is 18.2. The van der Waals surface area contributed by atoms with Gasteiger partial charge in [-0.15, -0.1) is 0 Å². The minimum atomic E-state index is -4.33. The SMILES string of the molecule is CS(=O)(=O)c1ccc(NC(=O)CN2CCN(S(=O)(=O)c3c(F)cccc3F)CC2)cc1. The number of benzene rings is 2. The number of hydrogen-bond donors (Lipinski definition) is 1. The minimum Gasteiger partial charge on any atom is -0.325 e. The predicted molar refractivity (Wildman–Crippen MR) is 110 cm³/mol. The molecule has 168 valence electrons. The van der Waals surface area contributed by atoms with Gasteiger partial charge < -0.3 is 5.32 Å². The average Bonchev–Trinajstić information content (AvgIpc) is 2.67. The Morgan fingerprint density at radius 2 is 1.48 bits per heavy atom. The molecule has 0 radical (unpaired) electrons. The number of rotatable bonds is 6. The average molecular weight is 474 g/mol. The molecule has 1 amide bonds. The van der Waals surface area contributed by atoms with Crippen molar-refractivity contribution in [1.82, 2.24) is 9.21 Å². The number of sulfone groups is 1. The predicted octanol–water partition coefficient (Wildman–Crippen LogP) is 1.31. The van der Waals surface area contributed by atoms with Gasteiger partial charge in [0, 0.05) is 38.1 Å². The maximum Gasteiger partial charge on any atom is 0.249 e. The van der Waals surface area contributed by atoms with Crippen LogP contribution < -0.4 is 5.32 Å². The summed E-state index contributed by atoms with van der Waals surface area (Å²) in [6.45, 7) is 0.347. The van der Waals surface area contributed by atoms with E-state index in [-0.39, 0.29) is 43.5 Å². The van der Waals surface area contributed by atoms with Crippen molar-refractivity contribution in [1.29, 1.82) is 0 Å². The van der Waals surface area contributed by atoms with Crippen molar-refractivity contribution in [3.05, 3.63) is 54.1 Å². The molecule has 1 aliphatic heterocycles. The minimum absolute atomic E-state index is 0.0181. The first-order valence-corrected chi connectivity index (χ1v) is 12.6. The molecule has 2 aromatic rings. The van der Waals surface area contributed by atoms with Crippen molar-refractivity contribution in [3.63, 3.8) is 0 Å². The molecule has 12 heteroatoms. The fourth-order valence-corrected chi connectivity index (χ4v) is 5.34. The molecule has 0 atom stereocenters. The monoisotopic (exact) mass is 473 g/mol. The summed E-state index contributed by atoms with van der Waals surface area (Å²) in [5, 5.41) is 2.64. The van der Waals surface area contributed by atoms with E-state index in [1.807, 2.05) is 0 Å². The van der Waals surface area contributed by atoms with Gasteiger partial charge in [0.2, 0.25) is 15.9 Å². The molecule has 31 heavy (non-hydrogen) atoms. The molecule has 1 saturated heterocycles. The Morgan fingerprint density at radius 1 is 0.935 bits per heavy atom. The number of hydrogen-bond acceptors (Lipinski definition) is 6. The molecule has 1 heterocycles. The first-order valence-electron chi connectivity index (χ1n) is 9.25. The van der Waals surface area contributed by atoms with Gasteiger partial charge in [0.05, 0.1) is 11.4 Å². The van der Waals surface area contributed by atoms with E-state index in [2.05, 4.69) is 5.32 Å². The Morgan fingerprint density at radius 3 is 2.00 bits per heavy atom. The summed E-state index contributed by atoms with van der Waals surface area (Å²) >= 11 is 0. The largest absolute Gasteiger partial charge is 0.325 e. The number of nitrogens with one attached hydrogen (secondary N) is 1. The molecule has 1 N–H and O–H groups in total. The summed E-state index contributed by atoms with van der Waals surface area (Å²) in [5.41, 5.74) is 0.425. The van der Waals surface area contributed by atoms with Crippen molar-refractivity contribution in [3.8, 4) is 0 Å². The zero-order chi connectivity index (χ0) is 22.8. The molecular weight excluding hydrogens is 452 g/mol. The highest BCUT2D eigenvalue weighted by atomic mass is 32.2. The molecular formula is C19H21F2N3O5S2. The van der Waals surface area contributed by atoms with Crippen molar-refractivity contribution in [2.24, 2.45) is 0 Å². The van der Waals surface area contributed by atoms with Crippen molar-refractivity contribution < 1.29 is 30.4 Å². The molecule has 1 fully saturated rings. The Hall–Kier alpha value is -2.41. The van der Waals surface area contributed by atoms with Gasteiger partial charge in [-0.05, 0) is 36.4 Å². The van der Waals surface area contributed by atoms with Gasteiger partial charge in [0.25, 0.3) is 0 Å². The quantitative estimate of drug-likeness (QED) is 0.679. The molecule has 0 aromatic heterocycles. The van der Waals surface area contributed by atoms with Crippen LogP contribution in [0.1, 0.15) is 0 Å². The number of halogens is 2. The maximum absolute atomic E-state index is 13.9. The van der Waals surface area contributed by atoms with Crippen molar-refractivity contribution in [2.75, 3.05) is 44.3 Å². The van der Waals surface area contributed by atoms with E-state index < -0.39 is 36.4 Å². The van der Waals surface area contributed by atoms with Gasteiger partial charge in [-0.2, -0.15) is 4.31 Å². The van der Waals surface area contributed by atoms with Crippen LogP contribution in [0.4, 0.5) is 14.5 Å². The van der Waals surface area contributed by atoms with Crippen LogP contribution in [0.25, 0.3) is 0 Å². The number of carbonyl (C=O) groups is 1. The van der Waals surface area contributed by atoms with Crippen molar-refractivity contribution >= 4 is 31.5 Å². The number of piperazine rings is 1. The molecule has 3 rings (SSSR count). The lowest BCUT2D eigenvalue weighted by Gasteiger charge is -2.33. The highest BCUT2D eigenvalue weighted by molar-refractivity contribution is 7.90. The Labute approximate surface area is 179 Å². The Balaban J connectivity index is 1.57. The van der Waals surface area contributed by atoms with E-state index in [1.54, 1.807) is 4.90 Å². The number of carbonyl (C=O) groups excluding carboxylic acids is 1. The fraction of sp³-hybridized carbons (Fsp3) is 0.316.